The summed E-state index contributed by atoms with van der Waals surface area (Å²) in [6.07, 6.45) is 40.6. The number of carbonyl (C=O) groups excluding carboxylic acids is 2. The van der Waals surface area contributed by atoms with E-state index in [1.54, 1.807) is 0 Å². The molecule has 0 radical (unpaired) electrons. The molecule has 0 bridgehead atoms. The minimum absolute atomic E-state index is 0.0695. The van der Waals surface area contributed by atoms with Crippen LogP contribution in [0.25, 0.3) is 0 Å². The van der Waals surface area contributed by atoms with Crippen LogP contribution < -0.4 is 0 Å². The Morgan fingerprint density at radius 2 is 0.821 bits per heavy atom. The maximum atomic E-state index is 13.2. The lowest BCUT2D eigenvalue weighted by Gasteiger charge is -2.31. The molecule has 1 saturated heterocycles. The summed E-state index contributed by atoms with van der Waals surface area (Å²) in [7, 11) is 2.22. The average molecular weight is 791 g/mol. The quantitative estimate of drug-likeness (QED) is 0.0454. The molecule has 0 aromatic rings. The van der Waals surface area contributed by atoms with E-state index in [4.69, 9.17) is 9.47 Å². The number of nitrogens with zero attached hydrogens (tertiary/aromatic N) is 2. The maximum Gasteiger partial charge on any atom is 0.307 e. The second-order valence-corrected chi connectivity index (χ2v) is 18.2. The van der Waals surface area contributed by atoms with Gasteiger partial charge in [0.1, 0.15) is 0 Å². The molecule has 0 amide bonds. The molecule has 0 N–H and O–H groups in total. The van der Waals surface area contributed by atoms with Gasteiger partial charge in [-0.2, -0.15) is 0 Å². The van der Waals surface area contributed by atoms with Crippen LogP contribution in [0.3, 0.4) is 0 Å². The van der Waals surface area contributed by atoms with E-state index in [1.165, 1.54) is 206 Å². The first-order chi connectivity index (χ1) is 27.4. The van der Waals surface area contributed by atoms with Gasteiger partial charge < -0.3 is 19.3 Å². The smallest absolute Gasteiger partial charge is 0.307 e. The Bertz CT molecular complexity index is 772. The van der Waals surface area contributed by atoms with Crippen LogP contribution in [-0.4, -0.2) is 74.7 Å². The zero-order chi connectivity index (χ0) is 40.7. The van der Waals surface area contributed by atoms with E-state index in [1.807, 2.05) is 0 Å². The molecular formula is C50H98N2O4. The summed E-state index contributed by atoms with van der Waals surface area (Å²) >= 11 is 0. The van der Waals surface area contributed by atoms with Crippen molar-refractivity contribution in [1.29, 1.82) is 0 Å². The minimum atomic E-state index is -0.0695. The largest absolute Gasteiger partial charge is 0.465 e. The summed E-state index contributed by atoms with van der Waals surface area (Å²) in [5.74, 6) is 1.55. The molecule has 6 heteroatoms. The Kier molecular flexibility index (Phi) is 37.1. The van der Waals surface area contributed by atoms with Gasteiger partial charge in [-0.25, -0.2) is 0 Å². The molecule has 1 heterocycles. The number of esters is 2. The molecule has 0 atom stereocenters. The first-order valence-electron chi connectivity index (χ1n) is 25.1. The van der Waals surface area contributed by atoms with Gasteiger partial charge >= 0.3 is 11.9 Å². The van der Waals surface area contributed by atoms with Gasteiger partial charge in [-0.3, -0.25) is 9.59 Å². The third kappa shape index (κ3) is 32.8. The van der Waals surface area contributed by atoms with Crippen molar-refractivity contribution in [2.45, 2.75) is 240 Å². The van der Waals surface area contributed by atoms with Gasteiger partial charge in [0.15, 0.2) is 0 Å². The lowest BCUT2D eigenvalue weighted by molar-refractivity contribution is -0.145. The van der Waals surface area contributed by atoms with Crippen molar-refractivity contribution in [3.05, 3.63) is 0 Å². The van der Waals surface area contributed by atoms with Crippen molar-refractivity contribution in [3.8, 4) is 0 Å². The van der Waals surface area contributed by atoms with Crippen LogP contribution in [0.5, 0.6) is 0 Å². The second kappa shape index (κ2) is 39.3. The Morgan fingerprint density at radius 1 is 0.500 bits per heavy atom. The summed E-state index contributed by atoms with van der Waals surface area (Å²) in [5, 5.41) is 0. The van der Waals surface area contributed by atoms with Crippen LogP contribution in [0.1, 0.15) is 240 Å². The van der Waals surface area contributed by atoms with Crippen molar-refractivity contribution in [2.24, 2.45) is 17.8 Å². The third-order valence-corrected chi connectivity index (χ3v) is 12.8. The van der Waals surface area contributed by atoms with Crippen LogP contribution in [0.15, 0.2) is 0 Å². The SMILES string of the molecule is CCCCCCCCC(CCCCCCCC)COC(=O)CCN(CCC(=O)OCC(CCCCCCCC)CCCCCCCC)CCC1CCN(C)CC1. The Balaban J connectivity index is 2.66. The van der Waals surface area contributed by atoms with Crippen molar-refractivity contribution in [3.63, 3.8) is 0 Å². The highest BCUT2D eigenvalue weighted by Crippen LogP contribution is 2.23. The van der Waals surface area contributed by atoms with E-state index in [9.17, 15) is 9.59 Å². The highest BCUT2D eigenvalue weighted by atomic mass is 16.5. The van der Waals surface area contributed by atoms with Crippen molar-refractivity contribution in [2.75, 3.05) is 53.0 Å². The average Bonchev–Trinajstić information content (AvgIpc) is 3.20. The number of piperidine rings is 1. The molecule has 6 nitrogen and oxygen atoms in total. The molecule has 0 spiro atoms. The highest BCUT2D eigenvalue weighted by Gasteiger charge is 2.20. The van der Waals surface area contributed by atoms with Gasteiger partial charge in [0.25, 0.3) is 0 Å². The topological polar surface area (TPSA) is 59.1 Å². The van der Waals surface area contributed by atoms with Gasteiger partial charge in [0.2, 0.25) is 0 Å². The summed E-state index contributed by atoms with van der Waals surface area (Å²) in [4.78, 5) is 31.1. The van der Waals surface area contributed by atoms with Gasteiger partial charge in [0, 0.05) is 13.1 Å². The molecule has 1 fully saturated rings. The predicted molar refractivity (Wildman–Crippen MR) is 241 cm³/mol. The van der Waals surface area contributed by atoms with Crippen LogP contribution in [0.4, 0.5) is 0 Å². The predicted octanol–water partition coefficient (Wildman–Crippen LogP) is 14.1. The summed E-state index contributed by atoms with van der Waals surface area (Å²) in [6.45, 7) is 14.9. The number of carbonyl (C=O) groups is 2. The first-order valence-corrected chi connectivity index (χ1v) is 25.1. The van der Waals surface area contributed by atoms with Gasteiger partial charge in [-0.05, 0) is 89.4 Å². The van der Waals surface area contributed by atoms with Crippen molar-refractivity contribution >= 4 is 11.9 Å². The summed E-state index contributed by atoms with van der Waals surface area (Å²) in [6, 6.07) is 0. The maximum absolute atomic E-state index is 13.2. The zero-order valence-corrected chi connectivity index (χ0v) is 38.5. The second-order valence-electron chi connectivity index (χ2n) is 18.2. The molecule has 332 valence electrons. The van der Waals surface area contributed by atoms with E-state index in [0.717, 1.165) is 18.9 Å². The molecule has 0 aromatic carbocycles. The molecule has 56 heavy (non-hydrogen) atoms. The number of ether oxygens (including phenoxy) is 2. The fourth-order valence-corrected chi connectivity index (χ4v) is 8.59. The van der Waals surface area contributed by atoms with Crippen LogP contribution >= 0.6 is 0 Å². The molecule has 1 rings (SSSR count). The molecule has 1 aliphatic heterocycles. The van der Waals surface area contributed by atoms with Gasteiger partial charge in [-0.1, -0.05) is 182 Å². The molecule has 0 aromatic heterocycles. The first kappa shape index (κ1) is 52.9. The highest BCUT2D eigenvalue weighted by molar-refractivity contribution is 5.70. The fraction of sp³-hybridized carbons (Fsp3) is 0.960. The van der Waals surface area contributed by atoms with E-state index >= 15 is 0 Å². The van der Waals surface area contributed by atoms with Crippen LogP contribution in [0, 0.1) is 17.8 Å². The Hall–Kier alpha value is -1.14. The standard InChI is InChI=1S/C50H98N2O4/c1-6-10-14-18-22-26-30-47(31-27-23-19-15-11-7-2)44-55-49(53)37-42-52(41-36-46-34-39-51(5)40-35-46)43-38-50(54)56-45-48(32-28-24-20-16-12-8-3)33-29-25-21-17-13-9-4/h46-48H,6-45H2,1-5H3. The number of likely N-dealkylation sites (tertiary alicyclic amines) is 1. The Labute approximate surface area is 350 Å². The van der Waals surface area contributed by atoms with Gasteiger partial charge in [0.05, 0.1) is 26.1 Å². The van der Waals surface area contributed by atoms with Crippen LogP contribution in [0.2, 0.25) is 0 Å². The fourth-order valence-electron chi connectivity index (χ4n) is 8.59. The summed E-state index contributed by atoms with van der Waals surface area (Å²) in [5.41, 5.74) is 0. The van der Waals surface area contributed by atoms with E-state index in [2.05, 4.69) is 44.5 Å². The lowest BCUT2D eigenvalue weighted by Crippen LogP contribution is -2.34. The number of rotatable bonds is 41. The molecule has 1 aliphatic rings. The minimum Gasteiger partial charge on any atom is -0.465 e. The monoisotopic (exact) mass is 791 g/mol. The molecular weight excluding hydrogens is 693 g/mol. The molecule has 0 unspecified atom stereocenters. The summed E-state index contributed by atoms with van der Waals surface area (Å²) < 4.78 is 12.0. The molecule has 0 aliphatic carbocycles. The van der Waals surface area contributed by atoms with Crippen LogP contribution in [-0.2, 0) is 19.1 Å². The number of unbranched alkanes of at least 4 members (excludes halogenated alkanes) is 20. The Morgan fingerprint density at radius 3 is 1.16 bits per heavy atom. The van der Waals surface area contributed by atoms with Crippen molar-refractivity contribution in [1.82, 2.24) is 9.80 Å². The zero-order valence-electron chi connectivity index (χ0n) is 38.5. The van der Waals surface area contributed by atoms with Crippen molar-refractivity contribution < 1.29 is 19.1 Å². The normalized spacial score (nSPS) is 14.1. The molecule has 0 saturated carbocycles. The van der Waals surface area contributed by atoms with E-state index in [0.29, 0.717) is 51.0 Å². The lowest BCUT2D eigenvalue weighted by atomic mass is 9.93. The van der Waals surface area contributed by atoms with E-state index < -0.39 is 0 Å². The third-order valence-electron chi connectivity index (χ3n) is 12.8. The number of hydrogen-bond donors (Lipinski definition) is 0. The number of hydrogen-bond acceptors (Lipinski definition) is 6. The van der Waals surface area contributed by atoms with Gasteiger partial charge in [-0.15, -0.1) is 0 Å². The van der Waals surface area contributed by atoms with E-state index in [-0.39, 0.29) is 11.9 Å².